The average Bonchev–Trinajstić information content (AvgIpc) is 2.94. The molecule has 2 rings (SSSR count). The number of likely N-dealkylation sites (N-methyl/N-ethyl adjacent to an activating group) is 1. The van der Waals surface area contributed by atoms with Crippen molar-refractivity contribution < 1.29 is 4.79 Å². The van der Waals surface area contributed by atoms with Gasteiger partial charge in [-0.05, 0) is 25.8 Å². The van der Waals surface area contributed by atoms with Crippen molar-refractivity contribution in [3.8, 4) is 0 Å². The van der Waals surface area contributed by atoms with Crippen LogP contribution >= 0.6 is 0 Å². The van der Waals surface area contributed by atoms with E-state index in [0.29, 0.717) is 5.92 Å². The van der Waals surface area contributed by atoms with Crippen molar-refractivity contribution >= 4 is 5.91 Å². The Hall–Kier alpha value is -1.36. The third-order valence-corrected chi connectivity index (χ3v) is 5.16. The molecule has 0 aromatic carbocycles. The first-order valence-electron chi connectivity index (χ1n) is 8.49. The molecule has 0 spiro atoms. The van der Waals surface area contributed by atoms with E-state index >= 15 is 0 Å². The molecule has 3 atom stereocenters. The highest BCUT2D eigenvalue weighted by molar-refractivity contribution is 5.83. The van der Waals surface area contributed by atoms with Crippen LogP contribution in [0.3, 0.4) is 0 Å². The van der Waals surface area contributed by atoms with E-state index < -0.39 is 0 Å². The maximum atomic E-state index is 12.6. The summed E-state index contributed by atoms with van der Waals surface area (Å²) in [4.78, 5) is 12.6. The summed E-state index contributed by atoms with van der Waals surface area (Å²) in [6.07, 6.45) is 10.3. The van der Waals surface area contributed by atoms with Crippen LogP contribution in [0.1, 0.15) is 57.6 Å². The SMILES string of the molecule is CNC(C(=O)NC(C)C(C)C1CCCCC1)c1cnn(C)c1. The van der Waals surface area contributed by atoms with Crippen LogP contribution in [0.4, 0.5) is 0 Å². The van der Waals surface area contributed by atoms with E-state index in [0.717, 1.165) is 11.5 Å². The van der Waals surface area contributed by atoms with Crippen LogP contribution in [-0.4, -0.2) is 28.8 Å². The van der Waals surface area contributed by atoms with Gasteiger partial charge in [0.05, 0.1) is 6.20 Å². The van der Waals surface area contributed by atoms with E-state index in [1.54, 1.807) is 10.9 Å². The zero-order valence-corrected chi connectivity index (χ0v) is 14.3. The summed E-state index contributed by atoms with van der Waals surface area (Å²) in [5.74, 6) is 1.30. The minimum atomic E-state index is -0.338. The Kier molecular flexibility index (Phi) is 6.00. The van der Waals surface area contributed by atoms with Crippen molar-refractivity contribution in [2.45, 2.75) is 58.0 Å². The predicted octanol–water partition coefficient (Wildman–Crippen LogP) is 2.40. The zero-order valence-electron chi connectivity index (χ0n) is 14.3. The van der Waals surface area contributed by atoms with Crippen LogP contribution in [-0.2, 0) is 11.8 Å². The molecule has 2 N–H and O–H groups in total. The second-order valence-electron chi connectivity index (χ2n) is 6.72. The number of carbonyl (C=O) groups is 1. The molecule has 1 aromatic rings. The van der Waals surface area contributed by atoms with Gasteiger partial charge in [0, 0.05) is 24.8 Å². The summed E-state index contributed by atoms with van der Waals surface area (Å²) in [7, 11) is 3.67. The first kappa shape index (κ1) is 17.0. The van der Waals surface area contributed by atoms with Gasteiger partial charge in [-0.1, -0.05) is 39.0 Å². The summed E-state index contributed by atoms with van der Waals surface area (Å²) in [5.41, 5.74) is 0.903. The van der Waals surface area contributed by atoms with Crippen LogP contribution in [0.5, 0.6) is 0 Å². The molecule has 124 valence electrons. The molecule has 0 aliphatic heterocycles. The summed E-state index contributed by atoms with van der Waals surface area (Å²) in [6.45, 7) is 4.41. The Labute approximate surface area is 133 Å². The Balaban J connectivity index is 1.94. The number of nitrogens with one attached hydrogen (secondary N) is 2. The molecular formula is C17H30N4O. The first-order valence-corrected chi connectivity index (χ1v) is 8.49. The van der Waals surface area contributed by atoms with Crippen molar-refractivity contribution in [1.29, 1.82) is 0 Å². The third-order valence-electron chi connectivity index (χ3n) is 5.16. The minimum absolute atomic E-state index is 0.0330. The van der Waals surface area contributed by atoms with E-state index in [4.69, 9.17) is 0 Å². The highest BCUT2D eigenvalue weighted by Crippen LogP contribution is 2.31. The molecule has 0 radical (unpaired) electrons. The van der Waals surface area contributed by atoms with Crippen molar-refractivity contribution in [2.75, 3.05) is 7.05 Å². The summed E-state index contributed by atoms with van der Waals surface area (Å²) < 4.78 is 1.72. The van der Waals surface area contributed by atoms with Gasteiger partial charge in [0.1, 0.15) is 6.04 Å². The van der Waals surface area contributed by atoms with Gasteiger partial charge in [-0.15, -0.1) is 0 Å². The lowest BCUT2D eigenvalue weighted by molar-refractivity contribution is -0.124. The fourth-order valence-electron chi connectivity index (χ4n) is 3.55. The molecular weight excluding hydrogens is 276 g/mol. The highest BCUT2D eigenvalue weighted by atomic mass is 16.2. The molecule has 22 heavy (non-hydrogen) atoms. The number of aryl methyl sites for hydroxylation is 1. The number of aromatic nitrogens is 2. The van der Waals surface area contributed by atoms with E-state index in [1.165, 1.54) is 32.1 Å². The molecule has 1 fully saturated rings. The summed E-state index contributed by atoms with van der Waals surface area (Å²) in [6, 6.07) is -0.141. The van der Waals surface area contributed by atoms with Crippen LogP contribution in [0, 0.1) is 11.8 Å². The zero-order chi connectivity index (χ0) is 16.1. The van der Waals surface area contributed by atoms with Gasteiger partial charge in [-0.3, -0.25) is 9.48 Å². The normalized spacial score (nSPS) is 20.4. The number of hydrogen-bond donors (Lipinski definition) is 2. The van der Waals surface area contributed by atoms with E-state index in [1.807, 2.05) is 20.3 Å². The fourth-order valence-corrected chi connectivity index (χ4v) is 3.55. The average molecular weight is 306 g/mol. The van der Waals surface area contributed by atoms with Crippen LogP contribution in [0.15, 0.2) is 12.4 Å². The molecule has 5 nitrogen and oxygen atoms in total. The maximum absolute atomic E-state index is 12.6. The van der Waals surface area contributed by atoms with Crippen molar-refractivity contribution in [1.82, 2.24) is 20.4 Å². The van der Waals surface area contributed by atoms with Crippen molar-refractivity contribution in [3.05, 3.63) is 18.0 Å². The Morgan fingerprint density at radius 3 is 2.55 bits per heavy atom. The number of rotatable bonds is 6. The van der Waals surface area contributed by atoms with Gasteiger partial charge >= 0.3 is 0 Å². The van der Waals surface area contributed by atoms with Gasteiger partial charge in [0.2, 0.25) is 5.91 Å². The van der Waals surface area contributed by atoms with Gasteiger partial charge < -0.3 is 10.6 Å². The van der Waals surface area contributed by atoms with Gasteiger partial charge in [-0.2, -0.15) is 5.10 Å². The van der Waals surface area contributed by atoms with E-state index in [9.17, 15) is 4.79 Å². The van der Waals surface area contributed by atoms with Crippen molar-refractivity contribution in [2.24, 2.45) is 18.9 Å². The standard InChI is InChI=1S/C17H30N4O/c1-12(14-8-6-5-7-9-14)13(2)20-17(22)16(18-3)15-10-19-21(4)11-15/h10-14,16,18H,5-9H2,1-4H3,(H,20,22). The molecule has 1 aliphatic rings. The number of hydrogen-bond acceptors (Lipinski definition) is 3. The lowest BCUT2D eigenvalue weighted by atomic mass is 9.78. The fraction of sp³-hybridized carbons (Fsp3) is 0.765. The molecule has 5 heteroatoms. The quantitative estimate of drug-likeness (QED) is 0.848. The Morgan fingerprint density at radius 1 is 1.32 bits per heavy atom. The minimum Gasteiger partial charge on any atom is -0.352 e. The number of nitrogens with zero attached hydrogens (tertiary/aromatic N) is 2. The highest BCUT2D eigenvalue weighted by Gasteiger charge is 2.28. The predicted molar refractivity (Wildman–Crippen MR) is 88.4 cm³/mol. The molecule has 1 aliphatic carbocycles. The number of amides is 1. The molecule has 0 saturated heterocycles. The Morgan fingerprint density at radius 2 is 2.00 bits per heavy atom. The second-order valence-corrected chi connectivity index (χ2v) is 6.72. The molecule has 3 unspecified atom stereocenters. The molecule has 1 amide bonds. The molecule has 1 heterocycles. The van der Waals surface area contributed by atoms with Gasteiger partial charge in [-0.25, -0.2) is 0 Å². The summed E-state index contributed by atoms with van der Waals surface area (Å²) >= 11 is 0. The molecule has 1 aromatic heterocycles. The molecule has 0 bridgehead atoms. The third kappa shape index (κ3) is 4.09. The van der Waals surface area contributed by atoms with Crippen molar-refractivity contribution in [3.63, 3.8) is 0 Å². The monoisotopic (exact) mass is 306 g/mol. The van der Waals surface area contributed by atoms with Crippen LogP contribution in [0.25, 0.3) is 0 Å². The van der Waals surface area contributed by atoms with Crippen LogP contribution in [0.2, 0.25) is 0 Å². The lowest BCUT2D eigenvalue weighted by Gasteiger charge is -2.32. The van der Waals surface area contributed by atoms with Crippen LogP contribution < -0.4 is 10.6 Å². The first-order chi connectivity index (χ1) is 10.5. The Bertz CT molecular complexity index is 479. The second kappa shape index (κ2) is 7.77. The lowest BCUT2D eigenvalue weighted by Crippen LogP contribution is -2.44. The maximum Gasteiger partial charge on any atom is 0.242 e. The number of carbonyl (C=O) groups excluding carboxylic acids is 1. The van der Waals surface area contributed by atoms with Gasteiger partial charge in [0.25, 0.3) is 0 Å². The summed E-state index contributed by atoms with van der Waals surface area (Å²) in [5, 5.41) is 10.4. The van der Waals surface area contributed by atoms with Gasteiger partial charge in [0.15, 0.2) is 0 Å². The largest absolute Gasteiger partial charge is 0.352 e. The topological polar surface area (TPSA) is 59.0 Å². The smallest absolute Gasteiger partial charge is 0.242 e. The van der Waals surface area contributed by atoms with E-state index in [2.05, 4.69) is 29.6 Å². The molecule has 1 saturated carbocycles. The van der Waals surface area contributed by atoms with E-state index in [-0.39, 0.29) is 18.0 Å².